The monoisotopic (exact) mass is 742 g/mol. The molecule has 0 spiro atoms. The molecule has 2 fully saturated rings. The van der Waals surface area contributed by atoms with E-state index in [0.717, 1.165) is 16.7 Å². The molecule has 53 heavy (non-hydrogen) atoms. The number of hydrogen-bond donors (Lipinski definition) is 0. The van der Waals surface area contributed by atoms with Crippen molar-refractivity contribution in [3.8, 4) is 0 Å². The summed E-state index contributed by atoms with van der Waals surface area (Å²) in [6.07, 6.45) is -5.24. The van der Waals surface area contributed by atoms with Crippen molar-refractivity contribution in [3.63, 3.8) is 0 Å². The Morgan fingerprint density at radius 2 is 1.00 bits per heavy atom. The van der Waals surface area contributed by atoms with Crippen LogP contribution in [0.15, 0.2) is 91.0 Å². The summed E-state index contributed by atoms with van der Waals surface area (Å²) in [6, 6.07) is 29.9. The minimum Gasteiger partial charge on any atom is -0.368 e. The first-order valence-corrected chi connectivity index (χ1v) is 17.8. The van der Waals surface area contributed by atoms with Crippen LogP contribution in [0.4, 0.5) is 0 Å². The van der Waals surface area contributed by atoms with Gasteiger partial charge in [-0.05, 0) is 16.7 Å². The van der Waals surface area contributed by atoms with Gasteiger partial charge in [0.2, 0.25) is 0 Å². The van der Waals surface area contributed by atoms with Gasteiger partial charge in [0.25, 0.3) is 0 Å². The van der Waals surface area contributed by atoms with Gasteiger partial charge in [-0.15, -0.1) is 0 Å². The zero-order chi connectivity index (χ0) is 37.1. The van der Waals surface area contributed by atoms with Crippen molar-refractivity contribution < 1.29 is 61.6 Å². The Kier molecular flexibility index (Phi) is 18.0. The molecule has 13 heteroatoms. The lowest BCUT2D eigenvalue weighted by molar-refractivity contribution is -0.336. The Bertz CT molecular complexity index is 1370. The van der Waals surface area contributed by atoms with Crippen LogP contribution in [0.2, 0.25) is 0 Å². The third-order valence-corrected chi connectivity index (χ3v) is 8.87. The second-order valence-corrected chi connectivity index (χ2v) is 12.7. The van der Waals surface area contributed by atoms with Crippen LogP contribution in [0.1, 0.15) is 23.1 Å². The van der Waals surface area contributed by atoms with Gasteiger partial charge in [-0.1, -0.05) is 91.0 Å². The Morgan fingerprint density at radius 1 is 0.491 bits per heavy atom. The van der Waals surface area contributed by atoms with Crippen LogP contribution in [0.5, 0.6) is 0 Å². The zero-order valence-electron chi connectivity index (χ0n) is 31.0. The summed E-state index contributed by atoms with van der Waals surface area (Å²) in [5, 5.41) is 0. The molecule has 3 aromatic rings. The highest BCUT2D eigenvalue weighted by atomic mass is 16.8. The maximum Gasteiger partial charge on any atom is 0.186 e. The largest absolute Gasteiger partial charge is 0.368 e. The first-order valence-electron chi connectivity index (χ1n) is 17.8. The fraction of sp³-hybridized carbons (Fsp3) is 0.550. The van der Waals surface area contributed by atoms with Gasteiger partial charge in [0.1, 0.15) is 57.0 Å². The summed E-state index contributed by atoms with van der Waals surface area (Å²) in [5.74, 6) is 0. The molecule has 13 nitrogen and oxygen atoms in total. The van der Waals surface area contributed by atoms with E-state index in [9.17, 15) is 0 Å². The Hall–Kier alpha value is -2.86. The predicted octanol–water partition coefficient (Wildman–Crippen LogP) is 4.84. The SMILES string of the molecule is COCOC[C@H]1O[C@H](OC[C@H]2O[C@@H](OC)[C@H](OCc3ccccc3)[C@@H](OCc3ccccc3)[C@@H]2OCc2ccccc2)C[C@@H](OCOC)[C@H]1OCOC. The van der Waals surface area contributed by atoms with Crippen LogP contribution in [-0.2, 0) is 81.4 Å². The normalized spacial score (nSPS) is 27.5. The van der Waals surface area contributed by atoms with Crippen LogP contribution in [-0.4, -0.2) is 117 Å². The highest BCUT2D eigenvalue weighted by molar-refractivity contribution is 5.15. The Labute approximate surface area is 312 Å². The quantitative estimate of drug-likeness (QED) is 0.0975. The predicted molar refractivity (Wildman–Crippen MR) is 191 cm³/mol. The van der Waals surface area contributed by atoms with E-state index in [-0.39, 0.29) is 33.6 Å². The third-order valence-electron chi connectivity index (χ3n) is 8.87. The summed E-state index contributed by atoms with van der Waals surface area (Å²) in [5.41, 5.74) is 3.02. The van der Waals surface area contributed by atoms with Gasteiger partial charge in [0.15, 0.2) is 12.6 Å². The van der Waals surface area contributed by atoms with E-state index in [0.29, 0.717) is 26.2 Å². The molecule has 292 valence electrons. The molecule has 3 aromatic carbocycles. The molecule has 0 aromatic heterocycles. The lowest BCUT2D eigenvalue weighted by atomic mass is 9.97. The van der Waals surface area contributed by atoms with Gasteiger partial charge in [-0.3, -0.25) is 0 Å². The second kappa shape index (κ2) is 23.1. The fourth-order valence-electron chi connectivity index (χ4n) is 6.33. The van der Waals surface area contributed by atoms with Crippen molar-refractivity contribution in [2.24, 2.45) is 0 Å². The minimum absolute atomic E-state index is 0.0415. The molecule has 2 aliphatic heterocycles. The average molecular weight is 743 g/mol. The van der Waals surface area contributed by atoms with Gasteiger partial charge in [-0.25, -0.2) is 0 Å². The molecule has 9 atom stereocenters. The molecular weight excluding hydrogens is 688 g/mol. The zero-order valence-corrected chi connectivity index (χ0v) is 31.0. The van der Waals surface area contributed by atoms with E-state index in [4.69, 9.17) is 61.6 Å². The van der Waals surface area contributed by atoms with E-state index in [2.05, 4.69) is 0 Å². The number of benzene rings is 3. The molecule has 5 rings (SSSR count). The lowest BCUT2D eigenvalue weighted by Crippen LogP contribution is -2.62. The van der Waals surface area contributed by atoms with Crippen molar-refractivity contribution in [3.05, 3.63) is 108 Å². The summed E-state index contributed by atoms with van der Waals surface area (Å²) in [7, 11) is 6.26. The molecular formula is C40H54O13. The fourth-order valence-corrected chi connectivity index (χ4v) is 6.33. The van der Waals surface area contributed by atoms with Crippen molar-refractivity contribution in [1.82, 2.24) is 0 Å². The van der Waals surface area contributed by atoms with Crippen molar-refractivity contribution >= 4 is 0 Å². The van der Waals surface area contributed by atoms with Gasteiger partial charge in [0, 0.05) is 34.9 Å². The molecule has 2 heterocycles. The molecule has 0 aliphatic carbocycles. The maximum atomic E-state index is 6.72. The lowest BCUT2D eigenvalue weighted by Gasteiger charge is -2.46. The summed E-state index contributed by atoms with van der Waals surface area (Å²) < 4.78 is 78.7. The van der Waals surface area contributed by atoms with Crippen LogP contribution in [0.3, 0.4) is 0 Å². The first-order chi connectivity index (χ1) is 26.1. The molecule has 0 N–H and O–H groups in total. The first kappa shape index (κ1) is 41.3. The van der Waals surface area contributed by atoms with Crippen molar-refractivity contribution in [2.45, 2.75) is 81.5 Å². The average Bonchev–Trinajstić information content (AvgIpc) is 3.20. The van der Waals surface area contributed by atoms with Crippen molar-refractivity contribution in [2.75, 3.05) is 62.0 Å². The molecule has 0 unspecified atom stereocenters. The van der Waals surface area contributed by atoms with Crippen LogP contribution < -0.4 is 0 Å². The van der Waals surface area contributed by atoms with E-state index < -0.39 is 55.3 Å². The number of methoxy groups -OCH3 is 4. The van der Waals surface area contributed by atoms with Crippen LogP contribution in [0, 0.1) is 0 Å². The second-order valence-electron chi connectivity index (χ2n) is 12.7. The molecule has 0 saturated carbocycles. The van der Waals surface area contributed by atoms with E-state index >= 15 is 0 Å². The van der Waals surface area contributed by atoms with E-state index in [1.807, 2.05) is 91.0 Å². The van der Waals surface area contributed by atoms with E-state index in [1.165, 1.54) is 0 Å². The third kappa shape index (κ3) is 12.9. The molecule has 2 aliphatic rings. The summed E-state index contributed by atoms with van der Waals surface area (Å²) >= 11 is 0. The summed E-state index contributed by atoms with van der Waals surface area (Å²) in [4.78, 5) is 0. The van der Waals surface area contributed by atoms with Gasteiger partial charge in [-0.2, -0.15) is 0 Å². The van der Waals surface area contributed by atoms with Crippen LogP contribution in [0.25, 0.3) is 0 Å². The van der Waals surface area contributed by atoms with E-state index in [1.54, 1.807) is 28.4 Å². The van der Waals surface area contributed by atoms with Gasteiger partial charge < -0.3 is 61.6 Å². The van der Waals surface area contributed by atoms with Crippen molar-refractivity contribution in [1.29, 1.82) is 0 Å². The van der Waals surface area contributed by atoms with Crippen LogP contribution >= 0.6 is 0 Å². The maximum absolute atomic E-state index is 6.72. The molecule has 0 bridgehead atoms. The smallest absolute Gasteiger partial charge is 0.186 e. The number of ether oxygens (including phenoxy) is 13. The topological polar surface area (TPSA) is 120 Å². The summed E-state index contributed by atoms with van der Waals surface area (Å²) in [6.45, 7) is 1.37. The standard InChI is InChI=1S/C40H54O13/c1-41-26-45-24-33-36(51-28-43-3)32(50-27-42-2)20-35(52-33)46-25-34-37(47-21-29-14-8-5-9-15-29)38(48-22-30-16-10-6-11-17-30)39(40(44-4)53-34)49-23-31-18-12-7-13-19-31/h5-19,32-40H,20-28H2,1-4H3/t32-,33-,34-,35+,36-,37-,38+,39-,40-/m1/s1. The highest BCUT2D eigenvalue weighted by Gasteiger charge is 2.49. The molecule has 0 radical (unpaired) electrons. The Morgan fingerprint density at radius 3 is 1.55 bits per heavy atom. The number of rotatable bonds is 23. The minimum atomic E-state index is -0.795. The number of hydrogen-bond acceptors (Lipinski definition) is 13. The highest BCUT2D eigenvalue weighted by Crippen LogP contribution is 2.33. The Balaban J connectivity index is 1.38. The van der Waals surface area contributed by atoms with Gasteiger partial charge >= 0.3 is 0 Å². The molecule has 2 saturated heterocycles. The van der Waals surface area contributed by atoms with Gasteiger partial charge in [0.05, 0.1) is 39.1 Å². The molecule has 0 amide bonds.